The Morgan fingerprint density at radius 2 is 1.57 bits per heavy atom. The van der Waals surface area contributed by atoms with Gasteiger partial charge in [-0.05, 0) is 32.9 Å². The van der Waals surface area contributed by atoms with E-state index in [2.05, 4.69) is 5.32 Å². The summed E-state index contributed by atoms with van der Waals surface area (Å²) in [6, 6.07) is 8.24. The van der Waals surface area contributed by atoms with E-state index in [9.17, 15) is 13.2 Å². The first kappa shape index (κ1) is 19.7. The Morgan fingerprint density at radius 1 is 1.04 bits per heavy atom. The highest BCUT2D eigenvalue weighted by Crippen LogP contribution is 2.17. The molecule has 130 valence electrons. The molecule has 0 saturated carbocycles. The molecule has 1 saturated heterocycles. The largest absolute Gasteiger partial charge is 0.333 e. The third-order valence-corrected chi connectivity index (χ3v) is 5.30. The summed E-state index contributed by atoms with van der Waals surface area (Å²) in [5.41, 5.74) is -0.301. The van der Waals surface area contributed by atoms with Crippen molar-refractivity contribution < 1.29 is 13.2 Å². The molecule has 1 aliphatic rings. The van der Waals surface area contributed by atoms with Crippen LogP contribution in [0, 0.1) is 0 Å². The van der Waals surface area contributed by atoms with Gasteiger partial charge < -0.3 is 10.2 Å². The third-order valence-electron chi connectivity index (χ3n) is 3.39. The number of hydrogen-bond donors (Lipinski definition) is 1. The van der Waals surface area contributed by atoms with Crippen molar-refractivity contribution in [1.82, 2.24) is 14.5 Å². The highest BCUT2D eigenvalue weighted by atomic mass is 35.5. The summed E-state index contributed by atoms with van der Waals surface area (Å²) < 4.78 is 26.4. The molecule has 6 nitrogen and oxygen atoms in total. The Morgan fingerprint density at radius 3 is 2.04 bits per heavy atom. The number of nitrogens with one attached hydrogen (secondary N) is 1. The van der Waals surface area contributed by atoms with Crippen LogP contribution in [0.4, 0.5) is 4.79 Å². The summed E-state index contributed by atoms with van der Waals surface area (Å²) in [5.74, 6) is 0. The third kappa shape index (κ3) is 5.09. The number of piperazine rings is 1. The van der Waals surface area contributed by atoms with Crippen molar-refractivity contribution in [3.8, 4) is 0 Å². The molecule has 2 rings (SSSR count). The van der Waals surface area contributed by atoms with Gasteiger partial charge >= 0.3 is 6.03 Å². The predicted octanol–water partition coefficient (Wildman–Crippen LogP) is 1.92. The number of hydrogen-bond acceptors (Lipinski definition) is 3. The fraction of sp³-hybridized carbons (Fsp3) is 0.533. The molecule has 1 heterocycles. The van der Waals surface area contributed by atoms with E-state index in [4.69, 9.17) is 0 Å². The van der Waals surface area contributed by atoms with E-state index in [1.807, 2.05) is 20.8 Å². The molecule has 0 aliphatic carbocycles. The molecule has 0 aromatic heterocycles. The topological polar surface area (TPSA) is 69.7 Å². The van der Waals surface area contributed by atoms with Crippen LogP contribution in [0.1, 0.15) is 20.8 Å². The zero-order valence-electron chi connectivity index (χ0n) is 13.7. The van der Waals surface area contributed by atoms with Gasteiger partial charge in [0.25, 0.3) is 0 Å². The zero-order chi connectivity index (χ0) is 16.4. The fourth-order valence-corrected chi connectivity index (χ4v) is 3.72. The summed E-state index contributed by atoms with van der Waals surface area (Å²) in [7, 11) is -3.47. The van der Waals surface area contributed by atoms with Crippen LogP contribution in [-0.4, -0.2) is 55.4 Å². The molecule has 0 unspecified atom stereocenters. The number of sulfonamides is 1. The molecular weight excluding hydrogens is 338 g/mol. The minimum absolute atomic E-state index is 0. The average Bonchev–Trinajstić information content (AvgIpc) is 2.46. The Balaban J connectivity index is 0.00000264. The number of nitrogens with zero attached hydrogens (tertiary/aromatic N) is 2. The van der Waals surface area contributed by atoms with Crippen LogP contribution >= 0.6 is 12.4 Å². The molecule has 1 aliphatic heterocycles. The van der Waals surface area contributed by atoms with Crippen molar-refractivity contribution in [2.45, 2.75) is 31.2 Å². The summed E-state index contributed by atoms with van der Waals surface area (Å²) in [6.07, 6.45) is 0. The molecule has 1 aromatic rings. The van der Waals surface area contributed by atoms with Gasteiger partial charge in [0, 0.05) is 31.7 Å². The minimum atomic E-state index is -3.47. The second kappa shape index (κ2) is 7.51. The maximum Gasteiger partial charge on any atom is 0.317 e. The molecule has 23 heavy (non-hydrogen) atoms. The van der Waals surface area contributed by atoms with Crippen molar-refractivity contribution in [3.05, 3.63) is 30.3 Å². The van der Waals surface area contributed by atoms with E-state index >= 15 is 0 Å². The molecule has 0 bridgehead atoms. The first-order valence-corrected chi connectivity index (χ1v) is 8.76. The maximum absolute atomic E-state index is 12.5. The number of carbonyl (C=O) groups is 1. The molecule has 1 fully saturated rings. The molecule has 0 atom stereocenters. The Bertz CT molecular complexity index is 621. The van der Waals surface area contributed by atoms with Crippen LogP contribution in [-0.2, 0) is 10.0 Å². The first-order valence-electron chi connectivity index (χ1n) is 7.32. The molecular formula is C15H24ClN3O3S. The summed E-state index contributed by atoms with van der Waals surface area (Å²) in [6.45, 7) is 7.18. The SMILES string of the molecule is CC(C)(C)NC(=O)N1CCN(S(=O)(=O)c2ccccc2)CC1.Cl. The van der Waals surface area contributed by atoms with Crippen molar-refractivity contribution in [2.24, 2.45) is 0 Å². The molecule has 8 heteroatoms. The average molecular weight is 362 g/mol. The summed E-state index contributed by atoms with van der Waals surface area (Å²) >= 11 is 0. The lowest BCUT2D eigenvalue weighted by Gasteiger charge is -2.35. The standard InChI is InChI=1S/C15H23N3O3S.ClH/c1-15(2,3)16-14(19)17-9-11-18(12-10-17)22(20,21)13-7-5-4-6-8-13;/h4-8H,9-12H2,1-3H3,(H,16,19);1H. The number of benzene rings is 1. The second-order valence-electron chi connectivity index (χ2n) is 6.38. The van der Waals surface area contributed by atoms with Crippen LogP contribution in [0.25, 0.3) is 0 Å². The van der Waals surface area contributed by atoms with Crippen LogP contribution in [0.15, 0.2) is 35.2 Å². The van der Waals surface area contributed by atoms with Gasteiger partial charge in [0.05, 0.1) is 4.90 Å². The van der Waals surface area contributed by atoms with Crippen LogP contribution in [0.5, 0.6) is 0 Å². The number of halogens is 1. The smallest absolute Gasteiger partial charge is 0.317 e. The highest BCUT2D eigenvalue weighted by molar-refractivity contribution is 7.89. The Kier molecular flexibility index (Phi) is 6.44. The van der Waals surface area contributed by atoms with Crippen molar-refractivity contribution in [3.63, 3.8) is 0 Å². The number of rotatable bonds is 2. The van der Waals surface area contributed by atoms with Crippen LogP contribution in [0.3, 0.4) is 0 Å². The van der Waals surface area contributed by atoms with Crippen molar-refractivity contribution in [2.75, 3.05) is 26.2 Å². The van der Waals surface area contributed by atoms with Gasteiger partial charge in [-0.15, -0.1) is 12.4 Å². The lowest BCUT2D eigenvalue weighted by Crippen LogP contribution is -2.55. The molecule has 2 amide bonds. The van der Waals surface area contributed by atoms with Gasteiger partial charge in [0.2, 0.25) is 10.0 Å². The van der Waals surface area contributed by atoms with Crippen molar-refractivity contribution in [1.29, 1.82) is 0 Å². The van der Waals surface area contributed by atoms with Gasteiger partial charge in [-0.3, -0.25) is 0 Å². The van der Waals surface area contributed by atoms with Crippen LogP contribution < -0.4 is 5.32 Å². The Hall–Kier alpha value is -1.31. The number of amides is 2. The maximum atomic E-state index is 12.5. The second-order valence-corrected chi connectivity index (χ2v) is 8.32. The van der Waals surface area contributed by atoms with Gasteiger partial charge in [0.15, 0.2) is 0 Å². The lowest BCUT2D eigenvalue weighted by molar-refractivity contribution is 0.165. The lowest BCUT2D eigenvalue weighted by atomic mass is 10.1. The van der Waals surface area contributed by atoms with Gasteiger partial charge in [-0.1, -0.05) is 18.2 Å². The molecule has 1 aromatic carbocycles. The molecule has 0 spiro atoms. The van der Waals surface area contributed by atoms with E-state index in [-0.39, 0.29) is 24.0 Å². The number of urea groups is 1. The fourth-order valence-electron chi connectivity index (χ4n) is 2.27. The van der Waals surface area contributed by atoms with Gasteiger partial charge in [-0.2, -0.15) is 4.31 Å². The van der Waals surface area contributed by atoms with E-state index < -0.39 is 10.0 Å². The summed E-state index contributed by atoms with van der Waals surface area (Å²) in [4.78, 5) is 14.0. The molecule has 0 radical (unpaired) electrons. The van der Waals surface area contributed by atoms with Gasteiger partial charge in [0.1, 0.15) is 0 Å². The minimum Gasteiger partial charge on any atom is -0.333 e. The quantitative estimate of drug-likeness (QED) is 0.874. The predicted molar refractivity (Wildman–Crippen MR) is 92.3 cm³/mol. The highest BCUT2D eigenvalue weighted by Gasteiger charge is 2.30. The normalized spacial score (nSPS) is 16.6. The zero-order valence-corrected chi connectivity index (χ0v) is 15.3. The van der Waals surface area contributed by atoms with Crippen LogP contribution in [0.2, 0.25) is 0 Å². The first-order chi connectivity index (χ1) is 10.2. The van der Waals surface area contributed by atoms with E-state index in [1.165, 1.54) is 4.31 Å². The Labute approximate surface area is 144 Å². The van der Waals surface area contributed by atoms with E-state index in [1.54, 1.807) is 35.2 Å². The molecule has 1 N–H and O–H groups in total. The van der Waals surface area contributed by atoms with Gasteiger partial charge in [-0.25, -0.2) is 13.2 Å². The van der Waals surface area contributed by atoms with E-state index in [0.717, 1.165) is 0 Å². The summed E-state index contributed by atoms with van der Waals surface area (Å²) in [5, 5.41) is 2.89. The number of carbonyl (C=O) groups excluding carboxylic acids is 1. The van der Waals surface area contributed by atoms with Crippen molar-refractivity contribution >= 4 is 28.5 Å². The monoisotopic (exact) mass is 361 g/mol. The van der Waals surface area contributed by atoms with E-state index in [0.29, 0.717) is 31.1 Å².